The molecule has 2 heterocycles. The number of hydrogen-bond acceptors (Lipinski definition) is 5. The van der Waals surface area contributed by atoms with Gasteiger partial charge in [0.2, 0.25) is 4.96 Å². The van der Waals surface area contributed by atoms with Crippen molar-refractivity contribution in [2.24, 2.45) is 0 Å². The van der Waals surface area contributed by atoms with Gasteiger partial charge in [0.1, 0.15) is 5.75 Å². The molecule has 0 aliphatic rings. The summed E-state index contributed by atoms with van der Waals surface area (Å²) in [5.41, 5.74) is 2.23. The lowest BCUT2D eigenvalue weighted by atomic mass is 10.1. The van der Waals surface area contributed by atoms with Gasteiger partial charge in [0, 0.05) is 11.6 Å². The summed E-state index contributed by atoms with van der Waals surface area (Å²) in [6.45, 7) is 2.51. The Morgan fingerprint density at radius 3 is 2.64 bits per heavy atom. The Hall–Kier alpha value is -2.99. The third kappa shape index (κ3) is 2.92. The number of nitrogens with zero attached hydrogens (tertiary/aromatic N) is 3. The summed E-state index contributed by atoms with van der Waals surface area (Å²) in [5, 5.41) is 5.15. The molecule has 0 radical (unpaired) electrons. The number of ether oxygens (including phenoxy) is 1. The molecule has 0 aliphatic heterocycles. The van der Waals surface area contributed by atoms with Gasteiger partial charge in [0.25, 0.3) is 5.56 Å². The molecule has 0 amide bonds. The average molecular weight is 349 g/mol. The maximum atomic E-state index is 12.5. The fraction of sp³-hybridized carbons (Fsp3) is 0.105. The molecular formula is C19H15N3O2S. The highest BCUT2D eigenvalue weighted by Gasteiger charge is 2.14. The van der Waals surface area contributed by atoms with E-state index in [1.807, 2.05) is 61.5 Å². The Morgan fingerprint density at radius 1 is 1.08 bits per heavy atom. The number of fused-ring (bicyclic) bond motifs is 1. The second-order valence-electron chi connectivity index (χ2n) is 5.38. The molecule has 0 N–H and O–H groups in total. The molecule has 0 aliphatic carbocycles. The van der Waals surface area contributed by atoms with E-state index in [2.05, 4.69) is 10.1 Å². The van der Waals surface area contributed by atoms with Crippen LogP contribution in [-0.2, 0) is 0 Å². The van der Waals surface area contributed by atoms with Gasteiger partial charge in [0.15, 0.2) is 5.01 Å². The molecule has 6 heteroatoms. The summed E-state index contributed by atoms with van der Waals surface area (Å²) >= 11 is 1.37. The van der Waals surface area contributed by atoms with Crippen molar-refractivity contribution in [2.45, 2.75) is 6.92 Å². The SMILES string of the molecule is CCOc1ccccc1-c1nn2c(=O)cc(-c3ccccc3)nc2s1. The fourth-order valence-electron chi connectivity index (χ4n) is 2.60. The van der Waals surface area contributed by atoms with Crippen LogP contribution in [0.5, 0.6) is 5.75 Å². The lowest BCUT2D eigenvalue weighted by Gasteiger charge is -2.06. The highest BCUT2D eigenvalue weighted by atomic mass is 32.1. The number of aromatic nitrogens is 3. The minimum absolute atomic E-state index is 0.194. The van der Waals surface area contributed by atoms with Crippen molar-refractivity contribution in [1.29, 1.82) is 0 Å². The van der Waals surface area contributed by atoms with E-state index >= 15 is 0 Å². The lowest BCUT2D eigenvalue weighted by molar-refractivity contribution is 0.341. The van der Waals surface area contributed by atoms with E-state index < -0.39 is 0 Å². The lowest BCUT2D eigenvalue weighted by Crippen LogP contribution is -2.14. The van der Waals surface area contributed by atoms with Crippen LogP contribution in [-0.4, -0.2) is 21.2 Å². The molecule has 0 atom stereocenters. The monoisotopic (exact) mass is 349 g/mol. The van der Waals surface area contributed by atoms with Crippen LogP contribution in [0.2, 0.25) is 0 Å². The standard InChI is InChI=1S/C19H15N3O2S/c1-2-24-16-11-7-6-10-14(16)18-21-22-17(23)12-15(20-19(22)25-18)13-8-4-3-5-9-13/h3-12H,2H2,1H3. The van der Waals surface area contributed by atoms with Gasteiger partial charge in [-0.1, -0.05) is 53.8 Å². The maximum Gasteiger partial charge on any atom is 0.275 e. The second-order valence-corrected chi connectivity index (χ2v) is 6.33. The summed E-state index contributed by atoms with van der Waals surface area (Å²) in [6.07, 6.45) is 0. The zero-order valence-electron chi connectivity index (χ0n) is 13.5. The number of hydrogen-bond donors (Lipinski definition) is 0. The zero-order valence-corrected chi connectivity index (χ0v) is 14.4. The van der Waals surface area contributed by atoms with E-state index in [9.17, 15) is 4.79 Å². The largest absolute Gasteiger partial charge is 0.493 e. The average Bonchev–Trinajstić information content (AvgIpc) is 3.08. The first kappa shape index (κ1) is 15.5. The molecular weight excluding hydrogens is 334 g/mol. The zero-order chi connectivity index (χ0) is 17.2. The van der Waals surface area contributed by atoms with Gasteiger partial charge in [-0.05, 0) is 19.1 Å². The summed E-state index contributed by atoms with van der Waals surface area (Å²) in [7, 11) is 0. The maximum absolute atomic E-state index is 12.5. The van der Waals surface area contributed by atoms with Crippen molar-refractivity contribution < 1.29 is 4.74 Å². The van der Waals surface area contributed by atoms with Crippen LogP contribution < -0.4 is 10.3 Å². The van der Waals surface area contributed by atoms with Crippen molar-refractivity contribution in [3.8, 4) is 27.6 Å². The van der Waals surface area contributed by atoms with Gasteiger partial charge in [-0.15, -0.1) is 0 Å². The number of benzene rings is 2. The number of para-hydroxylation sites is 1. The first-order valence-corrected chi connectivity index (χ1v) is 8.76. The van der Waals surface area contributed by atoms with Crippen molar-refractivity contribution >= 4 is 16.3 Å². The summed E-state index contributed by atoms with van der Waals surface area (Å²) < 4.78 is 7.01. The number of rotatable bonds is 4. The Morgan fingerprint density at radius 2 is 1.84 bits per heavy atom. The van der Waals surface area contributed by atoms with Gasteiger partial charge < -0.3 is 4.74 Å². The van der Waals surface area contributed by atoms with Crippen LogP contribution in [0.4, 0.5) is 0 Å². The van der Waals surface area contributed by atoms with Crippen LogP contribution in [0, 0.1) is 0 Å². The summed E-state index contributed by atoms with van der Waals surface area (Å²) in [6, 6.07) is 18.8. The van der Waals surface area contributed by atoms with Crippen LogP contribution in [0.15, 0.2) is 65.5 Å². The predicted octanol–water partition coefficient (Wildman–Crippen LogP) is 3.88. The minimum Gasteiger partial charge on any atom is -0.493 e. The normalized spacial score (nSPS) is 10.9. The highest BCUT2D eigenvalue weighted by molar-refractivity contribution is 7.19. The Balaban J connectivity index is 1.87. The van der Waals surface area contributed by atoms with E-state index in [0.29, 0.717) is 22.3 Å². The Bertz CT molecular complexity index is 1090. The molecule has 5 nitrogen and oxygen atoms in total. The Labute approximate surface area is 148 Å². The third-order valence-electron chi connectivity index (χ3n) is 3.73. The van der Waals surface area contributed by atoms with E-state index in [1.54, 1.807) is 0 Å². The summed E-state index contributed by atoms with van der Waals surface area (Å²) in [4.78, 5) is 17.6. The molecule has 0 fully saturated rings. The quantitative estimate of drug-likeness (QED) is 0.561. The van der Waals surface area contributed by atoms with E-state index in [-0.39, 0.29) is 5.56 Å². The van der Waals surface area contributed by atoms with Crippen LogP contribution >= 0.6 is 11.3 Å². The van der Waals surface area contributed by atoms with E-state index in [4.69, 9.17) is 4.74 Å². The van der Waals surface area contributed by atoms with Crippen molar-refractivity contribution in [2.75, 3.05) is 6.61 Å². The van der Waals surface area contributed by atoms with Gasteiger partial charge in [-0.25, -0.2) is 4.98 Å². The van der Waals surface area contributed by atoms with Gasteiger partial charge in [-0.3, -0.25) is 4.79 Å². The smallest absolute Gasteiger partial charge is 0.275 e. The Kier molecular flexibility index (Phi) is 4.03. The van der Waals surface area contributed by atoms with Crippen molar-refractivity contribution in [3.05, 3.63) is 71.0 Å². The molecule has 0 unspecified atom stereocenters. The van der Waals surface area contributed by atoms with Gasteiger partial charge in [-0.2, -0.15) is 9.61 Å². The third-order valence-corrected chi connectivity index (χ3v) is 4.67. The second kappa shape index (κ2) is 6.49. The molecule has 2 aromatic heterocycles. The molecule has 2 aromatic carbocycles. The van der Waals surface area contributed by atoms with Gasteiger partial charge >= 0.3 is 0 Å². The molecule has 4 rings (SSSR count). The molecule has 4 aromatic rings. The van der Waals surface area contributed by atoms with Crippen molar-refractivity contribution in [3.63, 3.8) is 0 Å². The summed E-state index contributed by atoms with van der Waals surface area (Å²) in [5.74, 6) is 0.750. The van der Waals surface area contributed by atoms with E-state index in [1.165, 1.54) is 21.9 Å². The van der Waals surface area contributed by atoms with Crippen LogP contribution in [0.3, 0.4) is 0 Å². The molecule has 0 saturated heterocycles. The van der Waals surface area contributed by atoms with Crippen LogP contribution in [0.1, 0.15) is 6.92 Å². The first-order valence-electron chi connectivity index (χ1n) is 7.95. The van der Waals surface area contributed by atoms with Crippen LogP contribution in [0.25, 0.3) is 26.8 Å². The van der Waals surface area contributed by atoms with Gasteiger partial charge in [0.05, 0.1) is 17.9 Å². The highest BCUT2D eigenvalue weighted by Crippen LogP contribution is 2.32. The molecule has 0 bridgehead atoms. The predicted molar refractivity (Wildman–Crippen MR) is 99.2 cm³/mol. The molecule has 0 saturated carbocycles. The topological polar surface area (TPSA) is 56.5 Å². The molecule has 25 heavy (non-hydrogen) atoms. The molecule has 0 spiro atoms. The van der Waals surface area contributed by atoms with Crippen molar-refractivity contribution in [1.82, 2.24) is 14.6 Å². The molecule has 124 valence electrons. The fourth-order valence-corrected chi connectivity index (χ4v) is 3.54. The van der Waals surface area contributed by atoms with E-state index in [0.717, 1.165) is 16.9 Å². The first-order chi connectivity index (χ1) is 12.3. The minimum atomic E-state index is -0.194.